The lowest BCUT2D eigenvalue weighted by atomic mass is 10.1. The molecule has 2 aromatic carbocycles. The van der Waals surface area contributed by atoms with Gasteiger partial charge in [0.1, 0.15) is 6.04 Å². The number of hydrogen-bond acceptors (Lipinski definition) is 4. The second kappa shape index (κ2) is 8.17. The third-order valence-electron chi connectivity index (χ3n) is 3.33. The van der Waals surface area contributed by atoms with Gasteiger partial charge >= 0.3 is 5.97 Å². The third kappa shape index (κ3) is 4.97. The minimum Gasteiger partial charge on any atom is -0.467 e. The van der Waals surface area contributed by atoms with Crippen molar-refractivity contribution in [1.29, 1.82) is 0 Å². The zero-order chi connectivity index (χ0) is 17.7. The molecule has 0 aromatic heterocycles. The predicted octanol–water partition coefficient (Wildman–Crippen LogP) is 3.20. The Balaban J connectivity index is 2.17. The van der Waals surface area contributed by atoms with Crippen LogP contribution >= 0.6 is 27.5 Å². The number of anilines is 1. The fourth-order valence-electron chi connectivity index (χ4n) is 2.18. The molecule has 0 radical (unpaired) electrons. The second-order valence-corrected chi connectivity index (χ2v) is 6.51. The number of ether oxygens (including phenoxy) is 1. The molecule has 0 aliphatic heterocycles. The number of nitrogens with one attached hydrogen (secondary N) is 1. The highest BCUT2D eigenvalue weighted by Crippen LogP contribution is 2.18. The van der Waals surface area contributed by atoms with Gasteiger partial charge in [-0.25, -0.2) is 4.79 Å². The molecule has 0 aliphatic carbocycles. The van der Waals surface area contributed by atoms with E-state index < -0.39 is 17.9 Å². The zero-order valence-electron chi connectivity index (χ0n) is 12.9. The Morgan fingerprint density at radius 2 is 1.92 bits per heavy atom. The Labute approximate surface area is 153 Å². The Morgan fingerprint density at radius 1 is 1.25 bits per heavy atom. The topological polar surface area (TPSA) is 81.4 Å². The molecule has 2 aromatic rings. The lowest BCUT2D eigenvalue weighted by Gasteiger charge is -2.17. The maximum absolute atomic E-state index is 12.4. The van der Waals surface area contributed by atoms with Crippen LogP contribution in [0.2, 0.25) is 5.02 Å². The van der Waals surface area contributed by atoms with Crippen LogP contribution in [0, 0.1) is 0 Å². The summed E-state index contributed by atoms with van der Waals surface area (Å²) in [6.45, 7) is 0. The molecule has 3 N–H and O–H groups in total. The largest absolute Gasteiger partial charge is 0.467 e. The maximum Gasteiger partial charge on any atom is 0.328 e. The summed E-state index contributed by atoms with van der Waals surface area (Å²) >= 11 is 9.14. The van der Waals surface area contributed by atoms with E-state index >= 15 is 0 Å². The number of nitrogen functional groups attached to an aromatic ring is 1. The molecule has 126 valence electrons. The molecule has 0 saturated heterocycles. The van der Waals surface area contributed by atoms with Crippen LogP contribution in [0.4, 0.5) is 5.69 Å². The van der Waals surface area contributed by atoms with Crippen LogP contribution in [-0.2, 0) is 16.0 Å². The first-order valence-corrected chi connectivity index (χ1v) is 8.25. The lowest BCUT2D eigenvalue weighted by molar-refractivity contribution is -0.142. The summed E-state index contributed by atoms with van der Waals surface area (Å²) < 4.78 is 5.46. The van der Waals surface area contributed by atoms with Gasteiger partial charge in [-0.3, -0.25) is 4.79 Å². The van der Waals surface area contributed by atoms with E-state index in [4.69, 9.17) is 22.1 Å². The Bertz CT molecular complexity index is 730. The molecule has 2 rings (SSSR count). The molecule has 0 heterocycles. The minimum absolute atomic E-state index is 0.291. The molecule has 1 atom stereocenters. The summed E-state index contributed by atoms with van der Waals surface area (Å²) in [4.78, 5) is 24.4. The minimum atomic E-state index is -0.816. The Hall–Kier alpha value is -2.05. The molecule has 0 unspecified atom stereocenters. The fourth-order valence-corrected chi connectivity index (χ4v) is 2.81. The van der Waals surface area contributed by atoms with E-state index in [-0.39, 0.29) is 0 Å². The average molecular weight is 412 g/mol. The average Bonchev–Trinajstić information content (AvgIpc) is 2.54. The van der Waals surface area contributed by atoms with Gasteiger partial charge in [-0.15, -0.1) is 0 Å². The lowest BCUT2D eigenvalue weighted by Crippen LogP contribution is -2.43. The van der Waals surface area contributed by atoms with Gasteiger partial charge < -0.3 is 15.8 Å². The molecular weight excluding hydrogens is 396 g/mol. The SMILES string of the molecule is COC(=O)[C@@H](Cc1ccc(Cl)cc1)NC(=O)c1cc(N)cc(Br)c1. The monoisotopic (exact) mass is 410 g/mol. The maximum atomic E-state index is 12.4. The third-order valence-corrected chi connectivity index (χ3v) is 4.04. The van der Waals surface area contributed by atoms with Crippen molar-refractivity contribution in [3.63, 3.8) is 0 Å². The van der Waals surface area contributed by atoms with E-state index in [1.165, 1.54) is 13.2 Å². The van der Waals surface area contributed by atoms with Gasteiger partial charge in [0.15, 0.2) is 0 Å². The molecule has 0 fully saturated rings. The second-order valence-electron chi connectivity index (χ2n) is 5.15. The number of methoxy groups -OCH3 is 1. The van der Waals surface area contributed by atoms with Gasteiger partial charge in [0.25, 0.3) is 5.91 Å². The van der Waals surface area contributed by atoms with Gasteiger partial charge in [-0.2, -0.15) is 0 Å². The number of benzene rings is 2. The van der Waals surface area contributed by atoms with Crippen LogP contribution in [0.5, 0.6) is 0 Å². The van der Waals surface area contributed by atoms with Crippen molar-refractivity contribution < 1.29 is 14.3 Å². The summed E-state index contributed by atoms with van der Waals surface area (Å²) in [6.07, 6.45) is 0.291. The van der Waals surface area contributed by atoms with Crippen molar-refractivity contribution in [2.45, 2.75) is 12.5 Å². The highest BCUT2D eigenvalue weighted by atomic mass is 79.9. The summed E-state index contributed by atoms with van der Waals surface area (Å²) in [5, 5.41) is 3.28. The summed E-state index contributed by atoms with van der Waals surface area (Å²) in [7, 11) is 1.28. The van der Waals surface area contributed by atoms with Gasteiger partial charge in [0, 0.05) is 27.2 Å². The number of esters is 1. The Kier molecular flexibility index (Phi) is 6.23. The van der Waals surface area contributed by atoms with E-state index in [2.05, 4.69) is 21.2 Å². The molecule has 0 spiro atoms. The van der Waals surface area contributed by atoms with Gasteiger partial charge in [0.05, 0.1) is 7.11 Å². The van der Waals surface area contributed by atoms with Crippen molar-refractivity contribution in [2.75, 3.05) is 12.8 Å². The van der Waals surface area contributed by atoms with E-state index in [1.54, 1.807) is 36.4 Å². The first-order valence-electron chi connectivity index (χ1n) is 7.08. The van der Waals surface area contributed by atoms with E-state index in [9.17, 15) is 9.59 Å². The first kappa shape index (κ1) is 18.3. The van der Waals surface area contributed by atoms with Crippen LogP contribution in [0.1, 0.15) is 15.9 Å². The summed E-state index contributed by atoms with van der Waals surface area (Å²) in [5.74, 6) is -0.936. The number of amides is 1. The van der Waals surface area contributed by atoms with Crippen molar-refractivity contribution in [2.24, 2.45) is 0 Å². The standard InChI is InChI=1S/C17H16BrClN2O3/c1-24-17(23)15(6-10-2-4-13(19)5-3-10)21-16(22)11-7-12(18)9-14(20)8-11/h2-5,7-9,15H,6,20H2,1H3,(H,21,22)/t15-/m1/s1. The Morgan fingerprint density at radius 3 is 2.50 bits per heavy atom. The van der Waals surface area contributed by atoms with Crippen molar-refractivity contribution in [3.8, 4) is 0 Å². The van der Waals surface area contributed by atoms with Crippen LogP contribution in [0.15, 0.2) is 46.9 Å². The molecule has 0 aliphatic rings. The summed E-state index contributed by atoms with van der Waals surface area (Å²) in [5.41, 5.74) is 7.39. The predicted molar refractivity (Wildman–Crippen MR) is 97.0 cm³/mol. The van der Waals surface area contributed by atoms with Gasteiger partial charge in [0.2, 0.25) is 0 Å². The molecule has 0 saturated carbocycles. The summed E-state index contributed by atoms with van der Waals surface area (Å²) in [6, 6.07) is 11.1. The van der Waals surface area contributed by atoms with E-state index in [1.807, 2.05) is 0 Å². The van der Waals surface area contributed by atoms with E-state index in [0.717, 1.165) is 5.56 Å². The van der Waals surface area contributed by atoms with Crippen molar-refractivity contribution in [3.05, 3.63) is 63.1 Å². The van der Waals surface area contributed by atoms with Crippen LogP contribution in [0.25, 0.3) is 0 Å². The van der Waals surface area contributed by atoms with Crippen molar-refractivity contribution >= 4 is 45.1 Å². The molecular formula is C17H16BrClN2O3. The van der Waals surface area contributed by atoms with Gasteiger partial charge in [-0.1, -0.05) is 39.7 Å². The van der Waals surface area contributed by atoms with E-state index in [0.29, 0.717) is 27.2 Å². The number of rotatable bonds is 5. The molecule has 5 nitrogen and oxygen atoms in total. The smallest absolute Gasteiger partial charge is 0.328 e. The quantitative estimate of drug-likeness (QED) is 0.585. The van der Waals surface area contributed by atoms with Crippen LogP contribution in [0.3, 0.4) is 0 Å². The van der Waals surface area contributed by atoms with Gasteiger partial charge in [-0.05, 0) is 35.9 Å². The molecule has 1 amide bonds. The number of hydrogen-bond donors (Lipinski definition) is 2. The molecule has 0 bridgehead atoms. The van der Waals surface area contributed by atoms with Crippen LogP contribution in [-0.4, -0.2) is 25.0 Å². The zero-order valence-corrected chi connectivity index (χ0v) is 15.2. The molecule has 7 heteroatoms. The fraction of sp³-hybridized carbons (Fsp3) is 0.176. The van der Waals surface area contributed by atoms with Crippen LogP contribution < -0.4 is 11.1 Å². The molecule has 24 heavy (non-hydrogen) atoms. The highest BCUT2D eigenvalue weighted by Gasteiger charge is 2.23. The normalized spacial score (nSPS) is 11.6. The number of nitrogens with two attached hydrogens (primary N) is 1. The number of halogens is 2. The highest BCUT2D eigenvalue weighted by molar-refractivity contribution is 9.10. The number of carbonyl (C=O) groups excluding carboxylic acids is 2. The number of carbonyl (C=O) groups is 2. The van der Waals surface area contributed by atoms with Crippen molar-refractivity contribution in [1.82, 2.24) is 5.32 Å². The first-order chi connectivity index (χ1) is 11.4.